The van der Waals surface area contributed by atoms with Gasteiger partial charge in [-0.25, -0.2) is 4.39 Å². The van der Waals surface area contributed by atoms with Gasteiger partial charge in [0.2, 0.25) is 0 Å². The summed E-state index contributed by atoms with van der Waals surface area (Å²) in [5.41, 5.74) is 7.02. The fourth-order valence-corrected chi connectivity index (χ4v) is 1.97. The molecule has 1 aromatic carbocycles. The third-order valence-electron chi connectivity index (χ3n) is 2.87. The van der Waals surface area contributed by atoms with Crippen molar-refractivity contribution in [2.24, 2.45) is 0 Å². The van der Waals surface area contributed by atoms with Crippen LogP contribution in [0.4, 0.5) is 15.8 Å². The molecule has 4 nitrogen and oxygen atoms in total. The van der Waals surface area contributed by atoms with E-state index in [1.165, 1.54) is 6.07 Å². The smallest absolute Gasteiger partial charge is 0.167 e. The molecule has 0 radical (unpaired) electrons. The van der Waals surface area contributed by atoms with E-state index in [4.69, 9.17) is 15.6 Å². The average molecular weight is 270 g/mol. The lowest BCUT2D eigenvalue weighted by Crippen LogP contribution is -2.33. The van der Waals surface area contributed by atoms with Gasteiger partial charge in [0.25, 0.3) is 0 Å². The van der Waals surface area contributed by atoms with Crippen LogP contribution in [0.1, 0.15) is 27.2 Å². The second kappa shape index (κ2) is 7.19. The summed E-state index contributed by atoms with van der Waals surface area (Å²) in [6, 6.07) is 3.12. The van der Waals surface area contributed by atoms with E-state index in [-0.39, 0.29) is 18.4 Å². The van der Waals surface area contributed by atoms with Gasteiger partial charge in [-0.15, -0.1) is 0 Å². The highest BCUT2D eigenvalue weighted by Gasteiger charge is 2.16. The Morgan fingerprint density at radius 3 is 2.63 bits per heavy atom. The molecule has 0 unspecified atom stereocenters. The average Bonchev–Trinajstić information content (AvgIpc) is 2.34. The summed E-state index contributed by atoms with van der Waals surface area (Å²) in [6.07, 6.45) is 0.638. The van der Waals surface area contributed by atoms with Gasteiger partial charge in [-0.3, -0.25) is 0 Å². The zero-order valence-electron chi connectivity index (χ0n) is 11.8. The largest absolute Gasteiger partial charge is 0.491 e. The third-order valence-corrected chi connectivity index (χ3v) is 2.87. The van der Waals surface area contributed by atoms with E-state index in [0.717, 1.165) is 5.69 Å². The Kier molecular flexibility index (Phi) is 5.89. The summed E-state index contributed by atoms with van der Waals surface area (Å²) >= 11 is 0. The zero-order valence-corrected chi connectivity index (χ0v) is 11.8. The molecular formula is C14H23FN2O2. The summed E-state index contributed by atoms with van der Waals surface area (Å²) in [6.45, 7) is 7.04. The summed E-state index contributed by atoms with van der Waals surface area (Å²) in [5.74, 6) is -0.240. The lowest BCUT2D eigenvalue weighted by molar-refractivity contribution is 0.288. The molecule has 0 saturated carbocycles. The number of anilines is 2. The molecule has 0 aliphatic heterocycles. The van der Waals surface area contributed by atoms with Gasteiger partial charge in [-0.05, 0) is 27.2 Å². The monoisotopic (exact) mass is 270 g/mol. The summed E-state index contributed by atoms with van der Waals surface area (Å²) in [7, 11) is 0. The number of halogens is 1. The van der Waals surface area contributed by atoms with Crippen LogP contribution in [0.3, 0.4) is 0 Å². The number of ether oxygens (including phenoxy) is 1. The number of hydrogen-bond acceptors (Lipinski definition) is 4. The molecule has 19 heavy (non-hydrogen) atoms. The lowest BCUT2D eigenvalue weighted by atomic mass is 10.1. The van der Waals surface area contributed by atoms with Crippen molar-refractivity contribution >= 4 is 11.4 Å². The maximum atomic E-state index is 13.7. The van der Waals surface area contributed by atoms with Crippen LogP contribution in [0.25, 0.3) is 0 Å². The Balaban J connectivity index is 3.10. The van der Waals surface area contributed by atoms with Crippen LogP contribution in [-0.4, -0.2) is 30.9 Å². The number of nitrogens with two attached hydrogens (primary N) is 1. The number of hydrogen-bond donors (Lipinski definition) is 2. The third kappa shape index (κ3) is 3.99. The fraction of sp³-hybridized carbons (Fsp3) is 0.571. The first-order valence-corrected chi connectivity index (χ1v) is 6.60. The highest BCUT2D eigenvalue weighted by Crippen LogP contribution is 2.32. The van der Waals surface area contributed by atoms with Crippen LogP contribution in [-0.2, 0) is 0 Å². The van der Waals surface area contributed by atoms with Crippen molar-refractivity contribution in [2.45, 2.75) is 33.2 Å². The molecule has 0 aliphatic carbocycles. The second-order valence-corrected chi connectivity index (χ2v) is 4.64. The summed E-state index contributed by atoms with van der Waals surface area (Å²) in [4.78, 5) is 2.04. The van der Waals surface area contributed by atoms with Crippen LogP contribution >= 0.6 is 0 Å². The topological polar surface area (TPSA) is 58.7 Å². The standard InChI is InChI=1S/C14H23FN2O2/c1-4-19-14-9-13(12(16)8-11(14)15)17(10(2)3)6-5-7-18/h8-10,18H,4-7,16H2,1-3H3. The van der Waals surface area contributed by atoms with E-state index in [0.29, 0.717) is 25.3 Å². The fourth-order valence-electron chi connectivity index (χ4n) is 1.97. The van der Waals surface area contributed by atoms with Gasteiger partial charge in [-0.2, -0.15) is 0 Å². The molecule has 1 rings (SSSR count). The van der Waals surface area contributed by atoms with Gasteiger partial charge in [0, 0.05) is 31.3 Å². The molecule has 0 saturated heterocycles. The van der Waals surface area contributed by atoms with Crippen molar-refractivity contribution in [3.05, 3.63) is 17.9 Å². The van der Waals surface area contributed by atoms with Crippen molar-refractivity contribution < 1.29 is 14.2 Å². The molecule has 0 heterocycles. The zero-order chi connectivity index (χ0) is 14.4. The molecule has 3 N–H and O–H groups in total. The minimum atomic E-state index is -0.450. The van der Waals surface area contributed by atoms with Crippen molar-refractivity contribution in [1.82, 2.24) is 0 Å². The van der Waals surface area contributed by atoms with Crippen LogP contribution in [0, 0.1) is 5.82 Å². The van der Waals surface area contributed by atoms with Gasteiger partial charge >= 0.3 is 0 Å². The molecule has 108 valence electrons. The number of nitrogen functional groups attached to an aromatic ring is 1. The van der Waals surface area contributed by atoms with Crippen LogP contribution in [0.5, 0.6) is 5.75 Å². The SMILES string of the molecule is CCOc1cc(N(CCCO)C(C)C)c(N)cc1F. The van der Waals surface area contributed by atoms with Crippen molar-refractivity contribution in [3.8, 4) is 5.75 Å². The normalized spacial score (nSPS) is 10.8. The molecule has 5 heteroatoms. The first-order chi connectivity index (χ1) is 9.01. The quantitative estimate of drug-likeness (QED) is 0.747. The van der Waals surface area contributed by atoms with E-state index < -0.39 is 5.82 Å². The Morgan fingerprint density at radius 1 is 1.42 bits per heavy atom. The van der Waals surface area contributed by atoms with E-state index in [1.807, 2.05) is 18.7 Å². The van der Waals surface area contributed by atoms with Crippen molar-refractivity contribution in [1.29, 1.82) is 0 Å². The van der Waals surface area contributed by atoms with Gasteiger partial charge < -0.3 is 20.5 Å². The maximum Gasteiger partial charge on any atom is 0.167 e. The predicted molar refractivity (Wildman–Crippen MR) is 76.2 cm³/mol. The van der Waals surface area contributed by atoms with Gasteiger partial charge in [-0.1, -0.05) is 0 Å². The Hall–Kier alpha value is -1.49. The van der Waals surface area contributed by atoms with E-state index in [1.54, 1.807) is 13.0 Å². The molecule has 0 aliphatic rings. The summed E-state index contributed by atoms with van der Waals surface area (Å²) in [5, 5.41) is 8.95. The molecule has 0 amide bonds. The lowest BCUT2D eigenvalue weighted by Gasteiger charge is -2.30. The van der Waals surface area contributed by atoms with Crippen LogP contribution < -0.4 is 15.4 Å². The first-order valence-electron chi connectivity index (χ1n) is 6.60. The van der Waals surface area contributed by atoms with Gasteiger partial charge in [0.1, 0.15) is 0 Å². The van der Waals surface area contributed by atoms with E-state index >= 15 is 0 Å². The minimum Gasteiger partial charge on any atom is -0.491 e. The molecule has 0 atom stereocenters. The van der Waals surface area contributed by atoms with Crippen molar-refractivity contribution in [2.75, 3.05) is 30.4 Å². The van der Waals surface area contributed by atoms with Crippen LogP contribution in [0.15, 0.2) is 12.1 Å². The number of aliphatic hydroxyl groups excluding tert-OH is 1. The molecule has 1 aromatic rings. The minimum absolute atomic E-state index is 0.114. The number of benzene rings is 1. The number of nitrogens with zero attached hydrogens (tertiary/aromatic N) is 1. The highest BCUT2D eigenvalue weighted by molar-refractivity contribution is 5.70. The van der Waals surface area contributed by atoms with Crippen LogP contribution in [0.2, 0.25) is 0 Å². The maximum absolute atomic E-state index is 13.7. The first kappa shape index (κ1) is 15.6. The van der Waals surface area contributed by atoms with E-state index in [9.17, 15) is 4.39 Å². The molecular weight excluding hydrogens is 247 g/mol. The predicted octanol–water partition coefficient (Wildman–Crippen LogP) is 2.40. The molecule has 0 bridgehead atoms. The number of rotatable bonds is 7. The van der Waals surface area contributed by atoms with E-state index in [2.05, 4.69) is 0 Å². The number of aliphatic hydroxyl groups is 1. The Morgan fingerprint density at radius 2 is 2.11 bits per heavy atom. The van der Waals surface area contributed by atoms with Crippen molar-refractivity contribution in [3.63, 3.8) is 0 Å². The molecule has 0 spiro atoms. The van der Waals surface area contributed by atoms with Gasteiger partial charge in [0.15, 0.2) is 11.6 Å². The molecule has 0 fully saturated rings. The Labute approximate surface area is 114 Å². The second-order valence-electron chi connectivity index (χ2n) is 4.64. The summed E-state index contributed by atoms with van der Waals surface area (Å²) < 4.78 is 18.9. The Bertz CT molecular complexity index is 411. The van der Waals surface area contributed by atoms with Gasteiger partial charge in [0.05, 0.1) is 18.0 Å². The molecule has 0 aromatic heterocycles. The highest BCUT2D eigenvalue weighted by atomic mass is 19.1.